The maximum atomic E-state index is 12.3. The summed E-state index contributed by atoms with van der Waals surface area (Å²) < 4.78 is 28.0. The molecule has 0 aliphatic heterocycles. The van der Waals surface area contributed by atoms with Crippen molar-refractivity contribution in [2.24, 2.45) is 5.92 Å². The lowest BCUT2D eigenvalue weighted by Crippen LogP contribution is -2.51. The second-order valence-corrected chi connectivity index (χ2v) is 8.09. The molecule has 1 aromatic rings. The first-order chi connectivity index (χ1) is 9.63. The van der Waals surface area contributed by atoms with E-state index in [4.69, 9.17) is 0 Å². The van der Waals surface area contributed by atoms with Crippen LogP contribution in [0.5, 0.6) is 0 Å². The maximum Gasteiger partial charge on any atom is 0.241 e. The van der Waals surface area contributed by atoms with Gasteiger partial charge in [0.25, 0.3) is 0 Å². The summed E-state index contributed by atoms with van der Waals surface area (Å²) in [6, 6.07) is 5.42. The molecule has 0 unspecified atom stereocenters. The van der Waals surface area contributed by atoms with Crippen LogP contribution in [0.3, 0.4) is 0 Å². The van der Waals surface area contributed by atoms with Gasteiger partial charge in [0.1, 0.15) is 6.04 Å². The van der Waals surface area contributed by atoms with Crippen molar-refractivity contribution in [1.29, 1.82) is 0 Å². The van der Waals surface area contributed by atoms with Crippen molar-refractivity contribution in [2.45, 2.75) is 44.7 Å². The lowest BCUT2D eigenvalue weighted by molar-refractivity contribution is -0.124. The number of carbonyl (C=O) groups is 1. The van der Waals surface area contributed by atoms with E-state index >= 15 is 0 Å². The minimum Gasteiger partial charge on any atom is -0.353 e. The molecule has 1 aromatic carbocycles. The van der Waals surface area contributed by atoms with E-state index in [2.05, 4.69) is 26.0 Å². The van der Waals surface area contributed by atoms with Crippen molar-refractivity contribution < 1.29 is 13.2 Å². The zero-order valence-electron chi connectivity index (χ0n) is 12.6. The monoisotopic (exact) mass is 376 g/mol. The van der Waals surface area contributed by atoms with Gasteiger partial charge in [0, 0.05) is 10.5 Å². The van der Waals surface area contributed by atoms with E-state index in [-0.39, 0.29) is 22.8 Å². The predicted octanol–water partition coefficient (Wildman–Crippen LogP) is 2.28. The van der Waals surface area contributed by atoms with Gasteiger partial charge in [-0.2, -0.15) is 4.72 Å². The highest BCUT2D eigenvalue weighted by Crippen LogP contribution is 2.16. The Morgan fingerprint density at radius 3 is 2.05 bits per heavy atom. The number of carbonyl (C=O) groups excluding carboxylic acids is 1. The van der Waals surface area contributed by atoms with Crippen LogP contribution >= 0.6 is 15.9 Å². The van der Waals surface area contributed by atoms with Crippen molar-refractivity contribution in [3.63, 3.8) is 0 Å². The topological polar surface area (TPSA) is 75.3 Å². The third kappa shape index (κ3) is 5.41. The van der Waals surface area contributed by atoms with Gasteiger partial charge in [-0.1, -0.05) is 29.8 Å². The zero-order chi connectivity index (χ0) is 16.2. The fourth-order valence-corrected chi connectivity index (χ4v) is 3.32. The van der Waals surface area contributed by atoms with E-state index in [0.29, 0.717) is 0 Å². The smallest absolute Gasteiger partial charge is 0.241 e. The van der Waals surface area contributed by atoms with Crippen LogP contribution in [0.2, 0.25) is 0 Å². The SMILES string of the molecule is CC(C)NC(=O)[C@H](NS(=O)(=O)c1ccc(Br)cc1)C(C)C. The molecule has 1 rings (SSSR count). The highest BCUT2D eigenvalue weighted by atomic mass is 79.9. The van der Waals surface area contributed by atoms with Crippen LogP contribution in [0.4, 0.5) is 0 Å². The second-order valence-electron chi connectivity index (χ2n) is 5.46. The number of hydrogen-bond donors (Lipinski definition) is 2. The highest BCUT2D eigenvalue weighted by Gasteiger charge is 2.28. The molecule has 0 aliphatic carbocycles. The molecule has 0 heterocycles. The molecule has 0 saturated heterocycles. The Labute approximate surface area is 134 Å². The summed E-state index contributed by atoms with van der Waals surface area (Å²) in [5, 5.41) is 2.73. The zero-order valence-corrected chi connectivity index (χ0v) is 15.0. The first-order valence-corrected chi connectivity index (χ1v) is 8.99. The first kappa shape index (κ1) is 18.1. The minimum atomic E-state index is -3.73. The van der Waals surface area contributed by atoms with Gasteiger partial charge in [0.05, 0.1) is 4.90 Å². The summed E-state index contributed by atoms with van der Waals surface area (Å²) >= 11 is 3.26. The summed E-state index contributed by atoms with van der Waals surface area (Å²) in [5.41, 5.74) is 0. The molecule has 0 saturated carbocycles. The second kappa shape index (κ2) is 7.38. The Bertz CT molecular complexity index is 583. The molecule has 0 radical (unpaired) electrons. The molecule has 0 spiro atoms. The summed E-state index contributed by atoms with van der Waals surface area (Å²) in [6.07, 6.45) is 0. The van der Waals surface area contributed by atoms with Gasteiger partial charge in [0.15, 0.2) is 0 Å². The minimum absolute atomic E-state index is 0.0454. The number of hydrogen-bond acceptors (Lipinski definition) is 3. The Kier molecular flexibility index (Phi) is 6.37. The summed E-state index contributed by atoms with van der Waals surface area (Å²) in [6.45, 7) is 7.26. The number of amides is 1. The standard InChI is InChI=1S/C14H21BrN2O3S/c1-9(2)13(14(18)16-10(3)4)17-21(19,20)12-7-5-11(15)6-8-12/h5-10,13,17H,1-4H3,(H,16,18)/t13-/m1/s1. The van der Waals surface area contributed by atoms with Crippen LogP contribution < -0.4 is 10.0 Å². The lowest BCUT2D eigenvalue weighted by atomic mass is 10.0. The molecule has 0 aromatic heterocycles. The van der Waals surface area contributed by atoms with Gasteiger partial charge in [-0.05, 0) is 44.0 Å². The van der Waals surface area contributed by atoms with E-state index in [9.17, 15) is 13.2 Å². The van der Waals surface area contributed by atoms with Gasteiger partial charge in [-0.15, -0.1) is 0 Å². The largest absolute Gasteiger partial charge is 0.353 e. The summed E-state index contributed by atoms with van der Waals surface area (Å²) in [4.78, 5) is 12.2. The molecule has 0 fully saturated rings. The molecular weight excluding hydrogens is 356 g/mol. The van der Waals surface area contributed by atoms with E-state index in [1.54, 1.807) is 26.0 Å². The third-order valence-corrected chi connectivity index (χ3v) is 4.77. The average Bonchev–Trinajstić information content (AvgIpc) is 2.35. The van der Waals surface area contributed by atoms with Crippen molar-refractivity contribution in [3.05, 3.63) is 28.7 Å². The number of sulfonamides is 1. The van der Waals surface area contributed by atoms with Crippen LogP contribution in [0.15, 0.2) is 33.6 Å². The van der Waals surface area contributed by atoms with E-state index in [0.717, 1.165) is 4.47 Å². The Balaban J connectivity index is 2.97. The predicted molar refractivity (Wildman–Crippen MR) is 86.4 cm³/mol. The van der Waals surface area contributed by atoms with Crippen LogP contribution in [-0.2, 0) is 14.8 Å². The van der Waals surface area contributed by atoms with Gasteiger partial charge in [-0.25, -0.2) is 8.42 Å². The number of halogens is 1. The van der Waals surface area contributed by atoms with Crippen LogP contribution in [0.1, 0.15) is 27.7 Å². The third-order valence-electron chi connectivity index (χ3n) is 2.79. The molecule has 5 nitrogen and oxygen atoms in total. The van der Waals surface area contributed by atoms with Gasteiger partial charge in [0.2, 0.25) is 15.9 Å². The van der Waals surface area contributed by atoms with E-state index in [1.165, 1.54) is 12.1 Å². The number of rotatable bonds is 6. The highest BCUT2D eigenvalue weighted by molar-refractivity contribution is 9.10. The molecule has 0 aliphatic rings. The molecule has 2 N–H and O–H groups in total. The quantitative estimate of drug-likeness (QED) is 0.799. The lowest BCUT2D eigenvalue weighted by Gasteiger charge is -2.22. The van der Waals surface area contributed by atoms with Crippen LogP contribution in [-0.4, -0.2) is 26.4 Å². The van der Waals surface area contributed by atoms with E-state index < -0.39 is 16.1 Å². The number of benzene rings is 1. The Morgan fingerprint density at radius 2 is 1.62 bits per heavy atom. The van der Waals surface area contributed by atoms with Crippen molar-refractivity contribution >= 4 is 31.9 Å². The van der Waals surface area contributed by atoms with Gasteiger partial charge < -0.3 is 5.32 Å². The van der Waals surface area contributed by atoms with E-state index in [1.807, 2.05) is 13.8 Å². The fraction of sp³-hybridized carbons (Fsp3) is 0.500. The van der Waals surface area contributed by atoms with Gasteiger partial charge in [-0.3, -0.25) is 4.79 Å². The fourth-order valence-electron chi connectivity index (χ4n) is 1.72. The molecule has 0 bridgehead atoms. The summed E-state index contributed by atoms with van der Waals surface area (Å²) in [7, 11) is -3.73. The molecule has 7 heteroatoms. The molecular formula is C14H21BrN2O3S. The molecule has 1 amide bonds. The van der Waals surface area contributed by atoms with Gasteiger partial charge >= 0.3 is 0 Å². The van der Waals surface area contributed by atoms with Crippen molar-refractivity contribution in [2.75, 3.05) is 0 Å². The number of nitrogens with one attached hydrogen (secondary N) is 2. The molecule has 21 heavy (non-hydrogen) atoms. The molecule has 118 valence electrons. The maximum absolute atomic E-state index is 12.3. The van der Waals surface area contributed by atoms with Crippen LogP contribution in [0.25, 0.3) is 0 Å². The molecule has 1 atom stereocenters. The van der Waals surface area contributed by atoms with Crippen molar-refractivity contribution in [1.82, 2.24) is 10.0 Å². The average molecular weight is 377 g/mol. The summed E-state index contributed by atoms with van der Waals surface area (Å²) in [5.74, 6) is -0.477. The Morgan fingerprint density at radius 1 is 1.10 bits per heavy atom. The van der Waals surface area contributed by atoms with Crippen molar-refractivity contribution in [3.8, 4) is 0 Å². The Hall–Kier alpha value is -0.920. The first-order valence-electron chi connectivity index (χ1n) is 6.71. The van der Waals surface area contributed by atoms with Crippen LogP contribution in [0, 0.1) is 5.92 Å². The normalized spacial score (nSPS) is 13.5.